The van der Waals surface area contributed by atoms with Gasteiger partial charge in [0.15, 0.2) is 5.75 Å². The van der Waals surface area contributed by atoms with Crippen molar-refractivity contribution in [3.8, 4) is 11.5 Å². The number of phenolic OH excluding ortho intramolecular Hbond substituents is 1. The Morgan fingerprint density at radius 3 is 2.45 bits per heavy atom. The number of rotatable bonds is 3. The molecule has 0 heterocycles. The van der Waals surface area contributed by atoms with Crippen LogP contribution in [0.2, 0.25) is 0 Å². The third-order valence-corrected chi connectivity index (χ3v) is 3.84. The summed E-state index contributed by atoms with van der Waals surface area (Å²) in [7, 11) is 1.60. The van der Waals surface area contributed by atoms with Gasteiger partial charge in [0.2, 0.25) is 0 Å². The number of halogens is 1. The van der Waals surface area contributed by atoms with Crippen LogP contribution < -0.4 is 4.74 Å². The van der Waals surface area contributed by atoms with E-state index < -0.39 is 0 Å². The second kappa shape index (κ2) is 6.48. The highest BCUT2D eigenvalue weighted by Crippen LogP contribution is 2.39. The Morgan fingerprint density at radius 1 is 1.09 bits per heavy atom. The molecule has 0 amide bonds. The summed E-state index contributed by atoms with van der Waals surface area (Å²) in [4.78, 5) is 0. The number of nitrogens with zero attached hydrogens (tertiary/aromatic N) is 2. The Labute approximate surface area is 139 Å². The van der Waals surface area contributed by atoms with Crippen LogP contribution in [0, 0.1) is 0 Å². The number of hydrogen-bond donors (Lipinski definition) is 1. The first-order valence-corrected chi connectivity index (χ1v) is 7.69. The van der Waals surface area contributed by atoms with Crippen molar-refractivity contribution in [1.29, 1.82) is 0 Å². The predicted octanol–water partition coefficient (Wildman–Crippen LogP) is 5.88. The SMILES string of the molecule is COc1cccc(N=Nc2cc(C(C)(C)C)cc(Br)c2O)c1. The third kappa shape index (κ3) is 3.85. The van der Waals surface area contributed by atoms with E-state index in [0.29, 0.717) is 21.6 Å². The summed E-state index contributed by atoms with van der Waals surface area (Å²) in [5.74, 6) is 0.796. The molecule has 0 spiro atoms. The molecule has 0 saturated carbocycles. The van der Waals surface area contributed by atoms with Crippen LogP contribution in [-0.2, 0) is 5.41 Å². The predicted molar refractivity (Wildman–Crippen MR) is 91.7 cm³/mol. The molecule has 2 aromatic rings. The van der Waals surface area contributed by atoms with E-state index >= 15 is 0 Å². The Balaban J connectivity index is 2.39. The van der Waals surface area contributed by atoms with Crippen LogP contribution in [0.25, 0.3) is 0 Å². The second-order valence-electron chi connectivity index (χ2n) is 5.98. The molecular formula is C17H19BrN2O2. The van der Waals surface area contributed by atoms with E-state index in [1.54, 1.807) is 13.2 Å². The van der Waals surface area contributed by atoms with Crippen LogP contribution in [-0.4, -0.2) is 12.2 Å². The van der Waals surface area contributed by atoms with Crippen molar-refractivity contribution in [2.75, 3.05) is 7.11 Å². The maximum absolute atomic E-state index is 10.1. The molecular weight excluding hydrogens is 344 g/mol. The molecule has 0 aliphatic heterocycles. The fourth-order valence-corrected chi connectivity index (χ4v) is 2.33. The van der Waals surface area contributed by atoms with Gasteiger partial charge in [-0.25, -0.2) is 0 Å². The van der Waals surface area contributed by atoms with Gasteiger partial charge in [0.25, 0.3) is 0 Å². The van der Waals surface area contributed by atoms with E-state index in [1.165, 1.54) is 0 Å². The van der Waals surface area contributed by atoms with Crippen molar-refractivity contribution in [3.63, 3.8) is 0 Å². The standard InChI is InChI=1S/C17H19BrN2O2/c1-17(2,3)11-8-14(18)16(21)15(9-11)20-19-12-6-5-7-13(10-12)22-4/h5-10,21H,1-4H3. The molecule has 0 aromatic heterocycles. The second-order valence-corrected chi connectivity index (χ2v) is 6.83. The smallest absolute Gasteiger partial charge is 0.157 e. The van der Waals surface area contributed by atoms with Crippen LogP contribution in [0.5, 0.6) is 11.5 Å². The van der Waals surface area contributed by atoms with E-state index in [2.05, 4.69) is 46.9 Å². The van der Waals surface area contributed by atoms with Gasteiger partial charge < -0.3 is 9.84 Å². The average molecular weight is 363 g/mol. The largest absolute Gasteiger partial charge is 0.505 e. The Hall–Kier alpha value is -1.88. The highest BCUT2D eigenvalue weighted by atomic mass is 79.9. The Morgan fingerprint density at radius 2 is 1.82 bits per heavy atom. The first-order chi connectivity index (χ1) is 10.3. The minimum Gasteiger partial charge on any atom is -0.505 e. The van der Waals surface area contributed by atoms with Crippen molar-refractivity contribution >= 4 is 27.3 Å². The van der Waals surface area contributed by atoms with E-state index in [9.17, 15) is 5.11 Å². The summed E-state index contributed by atoms with van der Waals surface area (Å²) in [5, 5.41) is 18.5. The summed E-state index contributed by atoms with van der Waals surface area (Å²) in [6, 6.07) is 11.0. The van der Waals surface area contributed by atoms with Crippen LogP contribution in [0.3, 0.4) is 0 Å². The van der Waals surface area contributed by atoms with Crippen LogP contribution in [0.4, 0.5) is 11.4 Å². The lowest BCUT2D eigenvalue weighted by molar-refractivity contribution is 0.415. The lowest BCUT2D eigenvalue weighted by Crippen LogP contribution is -2.10. The summed E-state index contributed by atoms with van der Waals surface area (Å²) in [6.07, 6.45) is 0. The molecule has 0 unspecified atom stereocenters. The molecule has 0 fully saturated rings. The van der Waals surface area contributed by atoms with Crippen molar-refractivity contribution < 1.29 is 9.84 Å². The molecule has 1 N–H and O–H groups in total. The fourth-order valence-electron chi connectivity index (χ4n) is 1.88. The first kappa shape index (κ1) is 16.5. The summed E-state index contributed by atoms with van der Waals surface area (Å²) in [5.41, 5.74) is 2.12. The van der Waals surface area contributed by atoms with E-state index in [1.807, 2.05) is 30.3 Å². The third-order valence-electron chi connectivity index (χ3n) is 3.24. The van der Waals surface area contributed by atoms with Crippen molar-refractivity contribution in [2.45, 2.75) is 26.2 Å². The van der Waals surface area contributed by atoms with Gasteiger partial charge in [-0.1, -0.05) is 26.8 Å². The number of ether oxygens (including phenoxy) is 1. The van der Waals surface area contributed by atoms with Crippen molar-refractivity contribution in [2.24, 2.45) is 10.2 Å². The number of aromatic hydroxyl groups is 1. The molecule has 22 heavy (non-hydrogen) atoms. The number of phenols is 1. The molecule has 4 nitrogen and oxygen atoms in total. The first-order valence-electron chi connectivity index (χ1n) is 6.90. The zero-order chi connectivity index (χ0) is 16.3. The number of benzene rings is 2. The molecule has 2 rings (SSSR count). The maximum Gasteiger partial charge on any atom is 0.157 e. The van der Waals surface area contributed by atoms with Crippen molar-refractivity contribution in [1.82, 2.24) is 0 Å². The molecule has 0 atom stereocenters. The van der Waals surface area contributed by atoms with Gasteiger partial charge in [-0.15, -0.1) is 5.11 Å². The minimum absolute atomic E-state index is 0.0452. The lowest BCUT2D eigenvalue weighted by Gasteiger charge is -2.20. The van der Waals surface area contributed by atoms with Gasteiger partial charge in [0, 0.05) is 6.07 Å². The van der Waals surface area contributed by atoms with Crippen LogP contribution in [0.1, 0.15) is 26.3 Å². The molecule has 0 aliphatic rings. The van der Waals surface area contributed by atoms with Gasteiger partial charge in [-0.3, -0.25) is 0 Å². The van der Waals surface area contributed by atoms with Gasteiger partial charge in [0.1, 0.15) is 11.4 Å². The Bertz CT molecular complexity index is 706. The molecule has 0 radical (unpaired) electrons. The monoisotopic (exact) mass is 362 g/mol. The number of methoxy groups -OCH3 is 1. The molecule has 116 valence electrons. The zero-order valence-corrected chi connectivity index (χ0v) is 14.7. The van der Waals surface area contributed by atoms with Crippen molar-refractivity contribution in [3.05, 3.63) is 46.4 Å². The van der Waals surface area contributed by atoms with E-state index in [0.717, 1.165) is 5.56 Å². The fraction of sp³-hybridized carbons (Fsp3) is 0.294. The highest BCUT2D eigenvalue weighted by molar-refractivity contribution is 9.10. The molecule has 5 heteroatoms. The summed E-state index contributed by atoms with van der Waals surface area (Å²) >= 11 is 3.37. The van der Waals surface area contributed by atoms with Crippen LogP contribution >= 0.6 is 15.9 Å². The Kier molecular flexibility index (Phi) is 4.86. The number of hydrogen-bond acceptors (Lipinski definition) is 4. The summed E-state index contributed by atoms with van der Waals surface area (Å²) in [6.45, 7) is 6.32. The van der Waals surface area contributed by atoms with Gasteiger partial charge in [-0.2, -0.15) is 5.11 Å². The van der Waals surface area contributed by atoms with Gasteiger partial charge in [0.05, 0.1) is 17.3 Å². The maximum atomic E-state index is 10.1. The molecule has 0 aliphatic carbocycles. The van der Waals surface area contributed by atoms with E-state index in [4.69, 9.17) is 4.74 Å². The molecule has 2 aromatic carbocycles. The topological polar surface area (TPSA) is 54.2 Å². The molecule has 0 saturated heterocycles. The summed E-state index contributed by atoms with van der Waals surface area (Å²) < 4.78 is 5.77. The normalized spacial score (nSPS) is 11.9. The van der Waals surface area contributed by atoms with E-state index in [-0.39, 0.29) is 11.2 Å². The number of azo groups is 1. The molecule has 0 bridgehead atoms. The minimum atomic E-state index is -0.0452. The van der Waals surface area contributed by atoms with Gasteiger partial charge in [-0.05, 0) is 51.2 Å². The van der Waals surface area contributed by atoms with Crippen LogP contribution in [0.15, 0.2) is 51.1 Å². The van der Waals surface area contributed by atoms with Gasteiger partial charge >= 0.3 is 0 Å². The zero-order valence-electron chi connectivity index (χ0n) is 13.1. The lowest BCUT2D eigenvalue weighted by atomic mass is 9.87. The highest BCUT2D eigenvalue weighted by Gasteiger charge is 2.18. The quantitative estimate of drug-likeness (QED) is 0.693. The average Bonchev–Trinajstić information content (AvgIpc) is 2.47.